The summed E-state index contributed by atoms with van der Waals surface area (Å²) in [6.45, 7) is 1.74. The van der Waals surface area contributed by atoms with Crippen molar-refractivity contribution in [3.8, 4) is 0 Å². The van der Waals surface area contributed by atoms with Gasteiger partial charge in [-0.05, 0) is 13.3 Å². The Morgan fingerprint density at radius 1 is 1.50 bits per heavy atom. The zero-order valence-corrected chi connectivity index (χ0v) is 10.9. The van der Waals surface area contributed by atoms with E-state index in [0.29, 0.717) is 11.7 Å². The molecule has 1 rings (SSSR count). The predicted octanol–water partition coefficient (Wildman–Crippen LogP) is -0.499. The van der Waals surface area contributed by atoms with Crippen LogP contribution in [-0.2, 0) is 16.1 Å². The Labute approximate surface area is 114 Å². The SMILES string of the molecule is Cc1cnc(CNC(=O)N[C@@H](CCC(N)=O)C(=O)O)o1. The first-order chi connectivity index (χ1) is 9.38. The Morgan fingerprint density at radius 2 is 2.20 bits per heavy atom. The molecule has 0 radical (unpaired) electrons. The fraction of sp³-hybridized carbons (Fsp3) is 0.455. The van der Waals surface area contributed by atoms with Gasteiger partial charge < -0.3 is 25.9 Å². The summed E-state index contributed by atoms with van der Waals surface area (Å²) in [4.78, 5) is 36.9. The smallest absolute Gasteiger partial charge is 0.326 e. The van der Waals surface area contributed by atoms with Crippen molar-refractivity contribution < 1.29 is 23.9 Å². The molecule has 1 aromatic rings. The molecule has 0 unspecified atom stereocenters. The van der Waals surface area contributed by atoms with Gasteiger partial charge in [0.2, 0.25) is 11.8 Å². The Morgan fingerprint density at radius 3 is 2.70 bits per heavy atom. The first kappa shape index (κ1) is 15.5. The highest BCUT2D eigenvalue weighted by atomic mass is 16.4. The minimum absolute atomic E-state index is 0.0296. The third-order valence-electron chi connectivity index (χ3n) is 2.35. The fourth-order valence-electron chi connectivity index (χ4n) is 1.39. The molecular formula is C11H16N4O5. The molecule has 0 bridgehead atoms. The van der Waals surface area contributed by atoms with E-state index in [1.54, 1.807) is 6.92 Å². The number of aliphatic carboxylic acids is 1. The lowest BCUT2D eigenvalue weighted by atomic mass is 10.1. The van der Waals surface area contributed by atoms with Crippen LogP contribution in [0.15, 0.2) is 10.6 Å². The van der Waals surface area contributed by atoms with Crippen LogP contribution in [0.4, 0.5) is 4.79 Å². The standard InChI is InChI=1S/C11H16N4O5/c1-6-4-13-9(20-6)5-14-11(19)15-7(10(17)18)2-3-8(12)16/h4,7H,2-3,5H2,1H3,(H2,12,16)(H,17,18)(H2,14,15,19)/t7-/m0/s1. The van der Waals surface area contributed by atoms with E-state index in [-0.39, 0.29) is 19.4 Å². The number of aryl methyl sites for hydroxylation is 1. The van der Waals surface area contributed by atoms with Crippen LogP contribution in [0.2, 0.25) is 0 Å². The van der Waals surface area contributed by atoms with E-state index < -0.39 is 23.9 Å². The van der Waals surface area contributed by atoms with Crippen LogP contribution in [0.1, 0.15) is 24.5 Å². The van der Waals surface area contributed by atoms with Crippen LogP contribution in [0.5, 0.6) is 0 Å². The van der Waals surface area contributed by atoms with Crippen LogP contribution in [0, 0.1) is 6.92 Å². The summed E-state index contributed by atoms with van der Waals surface area (Å²) in [6.07, 6.45) is 1.30. The van der Waals surface area contributed by atoms with Crippen molar-refractivity contribution >= 4 is 17.9 Å². The molecule has 0 saturated heterocycles. The van der Waals surface area contributed by atoms with Crippen LogP contribution >= 0.6 is 0 Å². The Kier molecular flexibility index (Phi) is 5.51. The molecule has 3 amide bonds. The number of rotatable bonds is 7. The van der Waals surface area contributed by atoms with Crippen molar-refractivity contribution in [3.63, 3.8) is 0 Å². The summed E-state index contributed by atoms with van der Waals surface area (Å²) in [5, 5.41) is 13.5. The monoisotopic (exact) mass is 284 g/mol. The number of nitrogens with one attached hydrogen (secondary N) is 2. The number of urea groups is 1. The number of aromatic nitrogens is 1. The molecular weight excluding hydrogens is 268 g/mol. The van der Waals surface area contributed by atoms with Crippen molar-refractivity contribution in [1.29, 1.82) is 0 Å². The van der Waals surface area contributed by atoms with Gasteiger partial charge in [-0.25, -0.2) is 14.6 Å². The number of amides is 3. The molecule has 9 heteroatoms. The number of oxazole rings is 1. The summed E-state index contributed by atoms with van der Waals surface area (Å²) < 4.78 is 5.13. The number of nitrogens with two attached hydrogens (primary N) is 1. The van der Waals surface area contributed by atoms with Gasteiger partial charge in [0.05, 0.1) is 12.7 Å². The van der Waals surface area contributed by atoms with E-state index in [4.69, 9.17) is 15.3 Å². The van der Waals surface area contributed by atoms with Crippen LogP contribution in [0.25, 0.3) is 0 Å². The number of hydrogen-bond acceptors (Lipinski definition) is 5. The number of carboxylic acid groups (broad SMARTS) is 1. The molecule has 110 valence electrons. The first-order valence-electron chi connectivity index (χ1n) is 5.85. The van der Waals surface area contributed by atoms with Gasteiger partial charge in [0, 0.05) is 6.42 Å². The van der Waals surface area contributed by atoms with E-state index in [9.17, 15) is 14.4 Å². The quantitative estimate of drug-likeness (QED) is 0.530. The molecule has 0 aliphatic heterocycles. The highest BCUT2D eigenvalue weighted by Crippen LogP contribution is 2.01. The molecule has 20 heavy (non-hydrogen) atoms. The summed E-state index contributed by atoms with van der Waals surface area (Å²) in [5.41, 5.74) is 4.93. The summed E-state index contributed by atoms with van der Waals surface area (Å²) in [5.74, 6) is -0.962. The van der Waals surface area contributed by atoms with Crippen molar-refractivity contribution in [1.82, 2.24) is 15.6 Å². The molecule has 0 aromatic carbocycles. The van der Waals surface area contributed by atoms with Gasteiger partial charge in [0.15, 0.2) is 0 Å². The molecule has 0 aliphatic carbocycles. The average Bonchev–Trinajstić information content (AvgIpc) is 2.77. The second-order valence-corrected chi connectivity index (χ2v) is 4.09. The minimum Gasteiger partial charge on any atom is -0.480 e. The largest absolute Gasteiger partial charge is 0.480 e. The second-order valence-electron chi connectivity index (χ2n) is 4.09. The number of hydrogen-bond donors (Lipinski definition) is 4. The third kappa shape index (κ3) is 5.38. The lowest BCUT2D eigenvalue weighted by Crippen LogP contribution is -2.46. The van der Waals surface area contributed by atoms with Crippen LogP contribution in [0.3, 0.4) is 0 Å². The van der Waals surface area contributed by atoms with Gasteiger partial charge in [-0.2, -0.15) is 0 Å². The van der Waals surface area contributed by atoms with Crippen molar-refractivity contribution in [2.24, 2.45) is 5.73 Å². The van der Waals surface area contributed by atoms with Crippen molar-refractivity contribution in [3.05, 3.63) is 17.8 Å². The van der Waals surface area contributed by atoms with Gasteiger partial charge in [0.25, 0.3) is 0 Å². The summed E-state index contributed by atoms with van der Waals surface area (Å²) >= 11 is 0. The Bertz CT molecular complexity index is 499. The van der Waals surface area contributed by atoms with E-state index in [2.05, 4.69) is 15.6 Å². The zero-order chi connectivity index (χ0) is 15.1. The van der Waals surface area contributed by atoms with Crippen LogP contribution < -0.4 is 16.4 Å². The second kappa shape index (κ2) is 7.12. The van der Waals surface area contributed by atoms with E-state index in [1.165, 1.54) is 6.20 Å². The van der Waals surface area contributed by atoms with E-state index >= 15 is 0 Å². The molecule has 0 saturated carbocycles. The van der Waals surface area contributed by atoms with Gasteiger partial charge in [-0.3, -0.25) is 4.79 Å². The topological polar surface area (TPSA) is 148 Å². The molecule has 9 nitrogen and oxygen atoms in total. The van der Waals surface area contributed by atoms with Crippen molar-refractivity contribution in [2.75, 3.05) is 0 Å². The number of primary amides is 1. The number of carboxylic acids is 1. The number of nitrogens with zero attached hydrogens (tertiary/aromatic N) is 1. The Balaban J connectivity index is 2.41. The normalized spacial score (nSPS) is 11.7. The molecule has 0 aliphatic rings. The molecule has 0 spiro atoms. The van der Waals surface area contributed by atoms with E-state index in [0.717, 1.165) is 0 Å². The number of carbonyl (C=O) groups is 3. The van der Waals surface area contributed by atoms with Crippen molar-refractivity contribution in [2.45, 2.75) is 32.4 Å². The molecule has 1 heterocycles. The maximum atomic E-state index is 11.5. The highest BCUT2D eigenvalue weighted by Gasteiger charge is 2.20. The molecule has 1 aromatic heterocycles. The highest BCUT2D eigenvalue weighted by molar-refractivity contribution is 5.83. The maximum Gasteiger partial charge on any atom is 0.326 e. The van der Waals surface area contributed by atoms with E-state index in [1.807, 2.05) is 0 Å². The van der Waals surface area contributed by atoms with Gasteiger partial charge in [0.1, 0.15) is 11.8 Å². The number of carbonyl (C=O) groups excluding carboxylic acids is 2. The molecule has 1 atom stereocenters. The zero-order valence-electron chi connectivity index (χ0n) is 10.9. The predicted molar refractivity (Wildman–Crippen MR) is 66.5 cm³/mol. The first-order valence-corrected chi connectivity index (χ1v) is 5.85. The maximum absolute atomic E-state index is 11.5. The fourth-order valence-corrected chi connectivity index (χ4v) is 1.39. The van der Waals surface area contributed by atoms with Gasteiger partial charge >= 0.3 is 12.0 Å². The summed E-state index contributed by atoms with van der Waals surface area (Å²) in [6, 6.07) is -1.88. The average molecular weight is 284 g/mol. The lowest BCUT2D eigenvalue weighted by Gasteiger charge is -2.13. The molecule has 5 N–H and O–H groups in total. The summed E-state index contributed by atoms with van der Waals surface area (Å²) in [7, 11) is 0. The Hall–Kier alpha value is -2.58. The van der Waals surface area contributed by atoms with Crippen LogP contribution in [-0.4, -0.2) is 34.0 Å². The third-order valence-corrected chi connectivity index (χ3v) is 2.35. The van der Waals surface area contributed by atoms with Gasteiger partial charge in [-0.1, -0.05) is 0 Å². The minimum atomic E-state index is -1.24. The molecule has 0 fully saturated rings. The van der Waals surface area contributed by atoms with Gasteiger partial charge in [-0.15, -0.1) is 0 Å². The lowest BCUT2D eigenvalue weighted by molar-refractivity contribution is -0.139.